The van der Waals surface area contributed by atoms with Crippen molar-refractivity contribution in [3.63, 3.8) is 0 Å². The zero-order valence-electron chi connectivity index (χ0n) is 11.1. The topological polar surface area (TPSA) is 65.1 Å². The summed E-state index contributed by atoms with van der Waals surface area (Å²) in [6, 6.07) is 8.42. The zero-order valence-corrected chi connectivity index (χ0v) is 11.9. The van der Waals surface area contributed by atoms with Gasteiger partial charge in [-0.3, -0.25) is 0 Å². The lowest BCUT2D eigenvalue weighted by Crippen LogP contribution is -2.12. The summed E-state index contributed by atoms with van der Waals surface area (Å²) in [6.45, 7) is 3.89. The maximum atomic E-state index is 12.4. The van der Waals surface area contributed by atoms with Gasteiger partial charge in [0.15, 0.2) is 0 Å². The van der Waals surface area contributed by atoms with Crippen molar-refractivity contribution in [2.45, 2.75) is 31.2 Å². The van der Waals surface area contributed by atoms with Crippen LogP contribution in [0, 0.1) is 6.92 Å². The molecule has 0 aliphatic rings. The third kappa shape index (κ3) is 2.72. The van der Waals surface area contributed by atoms with Crippen LogP contribution in [0.25, 0.3) is 0 Å². The molecule has 0 aliphatic carbocycles. The van der Waals surface area contributed by atoms with Crippen LogP contribution in [0.1, 0.15) is 30.5 Å². The van der Waals surface area contributed by atoms with Crippen molar-refractivity contribution in [3.05, 3.63) is 53.9 Å². The summed E-state index contributed by atoms with van der Waals surface area (Å²) < 4.78 is 26.0. The highest BCUT2D eigenvalue weighted by atomic mass is 32.2. The molecule has 0 aliphatic heterocycles. The normalized spacial score (nSPS) is 13.4. The number of rotatable bonds is 4. The molecule has 1 heterocycles. The molecule has 0 fully saturated rings. The van der Waals surface area contributed by atoms with Gasteiger partial charge in [0.1, 0.15) is 0 Å². The lowest BCUT2D eigenvalue weighted by molar-refractivity contribution is 0.587. The van der Waals surface area contributed by atoms with E-state index in [2.05, 4.69) is 0 Å². The maximum Gasteiger partial charge on any atom is 0.267 e. The number of aryl methyl sites for hydroxylation is 1. The largest absolute Gasteiger partial charge is 0.324 e. The van der Waals surface area contributed by atoms with E-state index in [1.54, 1.807) is 42.7 Å². The molecule has 4 nitrogen and oxygen atoms in total. The third-order valence-electron chi connectivity index (χ3n) is 3.15. The minimum absolute atomic E-state index is 0.130. The smallest absolute Gasteiger partial charge is 0.267 e. The number of hydrogen-bond acceptors (Lipinski definition) is 3. The van der Waals surface area contributed by atoms with E-state index >= 15 is 0 Å². The standard InChI is InChI=1S/C14H18N2O2S/c1-3-14(15)12-8-9-16(10-12)19(17,18)13-6-4-11(2)5-7-13/h4-10,14H,3,15H2,1-2H3/t14-/m0/s1. The molecule has 0 bridgehead atoms. The van der Waals surface area contributed by atoms with Gasteiger partial charge in [0.05, 0.1) is 4.90 Å². The molecular formula is C14H18N2O2S. The number of aromatic nitrogens is 1. The summed E-state index contributed by atoms with van der Waals surface area (Å²) in [5.41, 5.74) is 7.76. The maximum absolute atomic E-state index is 12.4. The Labute approximate surface area is 113 Å². The molecule has 0 saturated heterocycles. The van der Waals surface area contributed by atoms with Crippen LogP contribution in [-0.4, -0.2) is 12.4 Å². The summed E-state index contributed by atoms with van der Waals surface area (Å²) in [4.78, 5) is 0.283. The van der Waals surface area contributed by atoms with Crippen molar-refractivity contribution in [2.24, 2.45) is 5.73 Å². The molecule has 0 amide bonds. The second-order valence-corrected chi connectivity index (χ2v) is 6.45. The molecule has 5 heteroatoms. The van der Waals surface area contributed by atoms with E-state index < -0.39 is 10.0 Å². The molecule has 0 unspecified atom stereocenters. The van der Waals surface area contributed by atoms with Gasteiger partial charge in [-0.1, -0.05) is 24.6 Å². The van der Waals surface area contributed by atoms with E-state index in [9.17, 15) is 8.42 Å². The van der Waals surface area contributed by atoms with Crippen LogP contribution < -0.4 is 5.73 Å². The molecule has 0 radical (unpaired) electrons. The summed E-state index contributed by atoms with van der Waals surface area (Å²) in [6.07, 6.45) is 3.90. The highest BCUT2D eigenvalue weighted by molar-refractivity contribution is 7.90. The Morgan fingerprint density at radius 3 is 2.42 bits per heavy atom. The Morgan fingerprint density at radius 2 is 1.84 bits per heavy atom. The number of nitrogens with two attached hydrogens (primary N) is 1. The molecule has 19 heavy (non-hydrogen) atoms. The Kier molecular flexibility index (Phi) is 3.78. The molecule has 0 spiro atoms. The molecular weight excluding hydrogens is 260 g/mol. The van der Waals surface area contributed by atoms with Crippen LogP contribution in [0.15, 0.2) is 47.6 Å². The summed E-state index contributed by atoms with van der Waals surface area (Å²) in [5, 5.41) is 0. The van der Waals surface area contributed by atoms with Crippen LogP contribution in [0.4, 0.5) is 0 Å². The van der Waals surface area contributed by atoms with Crippen LogP contribution in [-0.2, 0) is 10.0 Å². The molecule has 1 aromatic heterocycles. The lowest BCUT2D eigenvalue weighted by atomic mass is 10.1. The van der Waals surface area contributed by atoms with Crippen LogP contribution in [0.2, 0.25) is 0 Å². The quantitative estimate of drug-likeness (QED) is 0.934. The van der Waals surface area contributed by atoms with Crippen molar-refractivity contribution in [1.82, 2.24) is 3.97 Å². The molecule has 2 N–H and O–H groups in total. The Hall–Kier alpha value is -1.59. The fourth-order valence-electron chi connectivity index (χ4n) is 1.83. The average Bonchev–Trinajstić information content (AvgIpc) is 2.88. The summed E-state index contributed by atoms with van der Waals surface area (Å²) >= 11 is 0. The van der Waals surface area contributed by atoms with Crippen molar-refractivity contribution >= 4 is 10.0 Å². The summed E-state index contributed by atoms with van der Waals surface area (Å²) in [7, 11) is -3.52. The van der Waals surface area contributed by atoms with Crippen molar-refractivity contribution in [1.29, 1.82) is 0 Å². The van der Waals surface area contributed by atoms with Crippen molar-refractivity contribution in [2.75, 3.05) is 0 Å². The number of hydrogen-bond donors (Lipinski definition) is 1. The minimum atomic E-state index is -3.52. The first kappa shape index (κ1) is 13.8. The SMILES string of the molecule is CC[C@H](N)c1ccn(S(=O)(=O)c2ccc(C)cc2)c1. The van der Waals surface area contributed by atoms with E-state index in [0.717, 1.165) is 17.5 Å². The van der Waals surface area contributed by atoms with E-state index in [1.807, 2.05) is 13.8 Å². The highest BCUT2D eigenvalue weighted by Crippen LogP contribution is 2.19. The first-order valence-corrected chi connectivity index (χ1v) is 7.65. The molecule has 2 aromatic rings. The summed E-state index contributed by atoms with van der Waals surface area (Å²) in [5.74, 6) is 0. The number of nitrogens with zero attached hydrogens (tertiary/aromatic N) is 1. The van der Waals surface area contributed by atoms with Crippen LogP contribution >= 0.6 is 0 Å². The minimum Gasteiger partial charge on any atom is -0.324 e. The average molecular weight is 278 g/mol. The van der Waals surface area contributed by atoms with E-state index in [4.69, 9.17) is 5.73 Å². The molecule has 1 aromatic carbocycles. The van der Waals surface area contributed by atoms with Gasteiger partial charge in [0.25, 0.3) is 10.0 Å². The fraction of sp³-hybridized carbons (Fsp3) is 0.286. The Morgan fingerprint density at radius 1 is 1.21 bits per heavy atom. The van der Waals surface area contributed by atoms with Gasteiger partial charge in [-0.05, 0) is 37.1 Å². The van der Waals surface area contributed by atoms with Gasteiger partial charge in [-0.15, -0.1) is 0 Å². The van der Waals surface area contributed by atoms with E-state index in [-0.39, 0.29) is 10.9 Å². The second kappa shape index (κ2) is 5.19. The Bertz CT molecular complexity index is 657. The van der Waals surface area contributed by atoms with Gasteiger partial charge < -0.3 is 5.73 Å². The Balaban J connectivity index is 2.39. The molecule has 2 rings (SSSR count). The van der Waals surface area contributed by atoms with Gasteiger partial charge in [-0.2, -0.15) is 0 Å². The molecule has 1 atom stereocenters. The molecule has 0 saturated carbocycles. The predicted molar refractivity (Wildman–Crippen MR) is 75.4 cm³/mol. The van der Waals surface area contributed by atoms with Crippen molar-refractivity contribution in [3.8, 4) is 0 Å². The molecule has 102 valence electrons. The predicted octanol–water partition coefficient (Wildman–Crippen LogP) is 2.44. The van der Waals surface area contributed by atoms with Crippen molar-refractivity contribution < 1.29 is 8.42 Å². The van der Waals surface area contributed by atoms with E-state index in [1.165, 1.54) is 3.97 Å². The van der Waals surface area contributed by atoms with Gasteiger partial charge >= 0.3 is 0 Å². The van der Waals surface area contributed by atoms with E-state index in [0.29, 0.717) is 0 Å². The van der Waals surface area contributed by atoms with Gasteiger partial charge in [0.2, 0.25) is 0 Å². The first-order valence-electron chi connectivity index (χ1n) is 6.21. The van der Waals surface area contributed by atoms with Crippen LogP contribution in [0.3, 0.4) is 0 Å². The van der Waals surface area contributed by atoms with Gasteiger partial charge in [0, 0.05) is 18.4 Å². The highest BCUT2D eigenvalue weighted by Gasteiger charge is 2.17. The first-order chi connectivity index (χ1) is 8.95. The monoisotopic (exact) mass is 278 g/mol. The van der Waals surface area contributed by atoms with Crippen LogP contribution in [0.5, 0.6) is 0 Å². The van der Waals surface area contributed by atoms with Gasteiger partial charge in [-0.25, -0.2) is 12.4 Å². The fourth-order valence-corrected chi connectivity index (χ4v) is 3.03. The third-order valence-corrected chi connectivity index (χ3v) is 4.80. The zero-order chi connectivity index (χ0) is 14.0. The number of benzene rings is 1. The lowest BCUT2D eigenvalue weighted by Gasteiger charge is -2.07. The second-order valence-electron chi connectivity index (χ2n) is 4.61.